The molecule has 0 fully saturated rings. The molecule has 0 aliphatic carbocycles. The highest BCUT2D eigenvalue weighted by atomic mass is 35.5. The first-order valence-electron chi connectivity index (χ1n) is 9.36. The van der Waals surface area contributed by atoms with Gasteiger partial charge in [0, 0.05) is 23.1 Å². The third kappa shape index (κ3) is 7.03. The third-order valence-electron chi connectivity index (χ3n) is 4.30. The molecule has 1 amide bonds. The number of nitriles is 1. The average Bonchev–Trinajstić information content (AvgIpc) is 2.72. The lowest BCUT2D eigenvalue weighted by Crippen LogP contribution is -2.50. The Kier molecular flexibility index (Phi) is 9.18. The number of halogens is 1. The average molecular weight is 466 g/mol. The van der Waals surface area contributed by atoms with Crippen LogP contribution < -0.4 is 10.0 Å². The van der Waals surface area contributed by atoms with Crippen LogP contribution >= 0.6 is 23.4 Å². The molecule has 0 saturated carbocycles. The van der Waals surface area contributed by atoms with Crippen LogP contribution in [0.15, 0.2) is 53.4 Å². The van der Waals surface area contributed by atoms with Crippen LogP contribution in [0.5, 0.6) is 0 Å². The zero-order chi connectivity index (χ0) is 22.1. The van der Waals surface area contributed by atoms with Crippen molar-refractivity contribution in [3.63, 3.8) is 0 Å². The molecule has 0 bridgehead atoms. The molecule has 0 aliphatic rings. The van der Waals surface area contributed by atoms with Gasteiger partial charge in [0.15, 0.2) is 0 Å². The normalized spacial score (nSPS) is 12.4. The minimum Gasteiger partial charge on any atom is -0.354 e. The van der Waals surface area contributed by atoms with Crippen LogP contribution in [0.25, 0.3) is 0 Å². The van der Waals surface area contributed by atoms with E-state index in [9.17, 15) is 13.2 Å². The van der Waals surface area contributed by atoms with Gasteiger partial charge in [0.1, 0.15) is 6.04 Å². The Morgan fingerprint density at radius 3 is 2.47 bits per heavy atom. The maximum absolute atomic E-state index is 12.6. The minimum atomic E-state index is -3.85. The zero-order valence-corrected chi connectivity index (χ0v) is 19.2. The molecule has 2 rings (SSSR count). The second-order valence-corrected chi connectivity index (χ2v) is 10.2. The van der Waals surface area contributed by atoms with E-state index in [4.69, 9.17) is 16.9 Å². The van der Waals surface area contributed by atoms with E-state index in [0.717, 1.165) is 5.56 Å². The largest absolute Gasteiger partial charge is 0.354 e. The Bertz CT molecular complexity index is 1000. The van der Waals surface area contributed by atoms with E-state index in [1.807, 2.05) is 18.2 Å². The lowest BCUT2D eigenvalue weighted by Gasteiger charge is -2.21. The molecule has 0 aliphatic heterocycles. The Labute approximate surface area is 187 Å². The number of benzene rings is 2. The second kappa shape index (κ2) is 11.4. The standard InChI is InChI=1S/C21H24ClN3O3S2/c1-15(2)20(25-30(27,28)19-9-7-18(22)8-10-19)21(26)24-11-12-29-14-17-6-4-3-5-16(17)13-23/h3-10,15,20,25H,11-12,14H2,1-2H3,(H,24,26)/t20-/m0/s1. The SMILES string of the molecule is CC(C)[C@H](NS(=O)(=O)c1ccc(Cl)cc1)C(=O)NCCSCc1ccccc1C#N. The highest BCUT2D eigenvalue weighted by Crippen LogP contribution is 2.17. The fourth-order valence-corrected chi connectivity index (χ4v) is 4.97. The minimum absolute atomic E-state index is 0.0528. The molecule has 2 aromatic carbocycles. The van der Waals surface area contributed by atoms with Gasteiger partial charge in [0.25, 0.3) is 0 Å². The van der Waals surface area contributed by atoms with Gasteiger partial charge in [0.05, 0.1) is 16.5 Å². The van der Waals surface area contributed by atoms with Crippen molar-refractivity contribution in [1.29, 1.82) is 5.26 Å². The van der Waals surface area contributed by atoms with Gasteiger partial charge in [-0.3, -0.25) is 4.79 Å². The monoisotopic (exact) mass is 465 g/mol. The molecule has 160 valence electrons. The number of thioether (sulfide) groups is 1. The second-order valence-electron chi connectivity index (χ2n) is 6.91. The third-order valence-corrected chi connectivity index (χ3v) is 7.01. The lowest BCUT2D eigenvalue weighted by atomic mass is 10.1. The van der Waals surface area contributed by atoms with Gasteiger partial charge in [-0.2, -0.15) is 21.7 Å². The van der Waals surface area contributed by atoms with Crippen LogP contribution in [0.3, 0.4) is 0 Å². The van der Waals surface area contributed by atoms with Crippen molar-refractivity contribution in [3.8, 4) is 6.07 Å². The number of amides is 1. The molecule has 2 aromatic rings. The van der Waals surface area contributed by atoms with E-state index >= 15 is 0 Å². The molecule has 6 nitrogen and oxygen atoms in total. The van der Waals surface area contributed by atoms with Gasteiger partial charge >= 0.3 is 0 Å². The Morgan fingerprint density at radius 1 is 1.17 bits per heavy atom. The van der Waals surface area contributed by atoms with E-state index in [0.29, 0.717) is 28.6 Å². The van der Waals surface area contributed by atoms with Crippen LogP contribution in [-0.2, 0) is 20.6 Å². The zero-order valence-electron chi connectivity index (χ0n) is 16.8. The molecule has 30 heavy (non-hydrogen) atoms. The first-order chi connectivity index (χ1) is 14.2. The number of rotatable bonds is 10. The van der Waals surface area contributed by atoms with Gasteiger partial charge in [0.2, 0.25) is 15.9 Å². The quantitative estimate of drug-likeness (QED) is 0.522. The lowest BCUT2D eigenvalue weighted by molar-refractivity contribution is -0.123. The fraction of sp³-hybridized carbons (Fsp3) is 0.333. The molecule has 0 saturated heterocycles. The Morgan fingerprint density at radius 2 is 1.83 bits per heavy atom. The van der Waals surface area contributed by atoms with Gasteiger partial charge in [-0.25, -0.2) is 8.42 Å². The molecule has 0 radical (unpaired) electrons. The van der Waals surface area contributed by atoms with E-state index in [1.165, 1.54) is 24.3 Å². The van der Waals surface area contributed by atoms with Crippen molar-refractivity contribution in [2.24, 2.45) is 5.92 Å². The number of nitrogens with one attached hydrogen (secondary N) is 2. The maximum atomic E-state index is 12.6. The Hall–Kier alpha value is -2.05. The van der Waals surface area contributed by atoms with E-state index in [-0.39, 0.29) is 16.7 Å². The topological polar surface area (TPSA) is 99.1 Å². The molecule has 0 aromatic heterocycles. The van der Waals surface area contributed by atoms with Gasteiger partial charge in [-0.15, -0.1) is 0 Å². The molecule has 0 spiro atoms. The summed E-state index contributed by atoms with van der Waals surface area (Å²) in [7, 11) is -3.85. The molecule has 0 heterocycles. The van der Waals surface area contributed by atoms with Gasteiger partial charge in [-0.1, -0.05) is 43.6 Å². The number of sulfonamides is 1. The summed E-state index contributed by atoms with van der Waals surface area (Å²) in [5, 5.41) is 12.3. The molecule has 0 unspecified atom stereocenters. The maximum Gasteiger partial charge on any atom is 0.241 e. The van der Waals surface area contributed by atoms with Crippen molar-refractivity contribution < 1.29 is 13.2 Å². The first kappa shape index (κ1) is 24.2. The number of carbonyl (C=O) groups excluding carboxylic acids is 1. The Balaban J connectivity index is 1.88. The van der Waals surface area contributed by atoms with Crippen LogP contribution in [0, 0.1) is 17.2 Å². The smallest absolute Gasteiger partial charge is 0.241 e. The molecular formula is C21H24ClN3O3S2. The molecule has 9 heteroatoms. The highest BCUT2D eigenvalue weighted by Gasteiger charge is 2.28. The number of hydrogen-bond donors (Lipinski definition) is 2. The van der Waals surface area contributed by atoms with Crippen LogP contribution in [0.1, 0.15) is 25.0 Å². The van der Waals surface area contributed by atoms with E-state index in [2.05, 4.69) is 16.1 Å². The summed E-state index contributed by atoms with van der Waals surface area (Å²) in [5.74, 6) is 0.694. The van der Waals surface area contributed by atoms with Crippen molar-refractivity contribution in [2.75, 3.05) is 12.3 Å². The molecular weight excluding hydrogens is 442 g/mol. The van der Waals surface area contributed by atoms with Crippen molar-refractivity contribution in [2.45, 2.75) is 30.5 Å². The number of carbonyl (C=O) groups is 1. The summed E-state index contributed by atoms with van der Waals surface area (Å²) in [6.45, 7) is 3.95. The predicted octanol–water partition coefficient (Wildman–Crippen LogP) is 3.56. The molecule has 2 N–H and O–H groups in total. The molecule has 1 atom stereocenters. The predicted molar refractivity (Wildman–Crippen MR) is 121 cm³/mol. The number of nitrogens with zero attached hydrogens (tertiary/aromatic N) is 1. The van der Waals surface area contributed by atoms with E-state index in [1.54, 1.807) is 31.7 Å². The van der Waals surface area contributed by atoms with Crippen molar-refractivity contribution in [1.82, 2.24) is 10.0 Å². The van der Waals surface area contributed by atoms with E-state index < -0.39 is 16.1 Å². The highest BCUT2D eigenvalue weighted by molar-refractivity contribution is 7.98. The van der Waals surface area contributed by atoms with Crippen LogP contribution in [-0.4, -0.2) is 32.7 Å². The summed E-state index contributed by atoms with van der Waals surface area (Å²) >= 11 is 7.40. The fourth-order valence-electron chi connectivity index (χ4n) is 2.64. The van der Waals surface area contributed by atoms with Gasteiger partial charge in [-0.05, 0) is 41.8 Å². The van der Waals surface area contributed by atoms with Crippen molar-refractivity contribution in [3.05, 3.63) is 64.7 Å². The summed E-state index contributed by atoms with van der Waals surface area (Å²) < 4.78 is 27.7. The summed E-state index contributed by atoms with van der Waals surface area (Å²) in [4.78, 5) is 12.6. The van der Waals surface area contributed by atoms with Crippen LogP contribution in [0.2, 0.25) is 5.02 Å². The summed E-state index contributed by atoms with van der Waals surface area (Å²) in [6, 6.07) is 14.4. The first-order valence-corrected chi connectivity index (χ1v) is 12.4. The number of hydrogen-bond acceptors (Lipinski definition) is 5. The van der Waals surface area contributed by atoms with Crippen LogP contribution in [0.4, 0.5) is 0 Å². The van der Waals surface area contributed by atoms with Crippen molar-refractivity contribution >= 4 is 39.3 Å². The summed E-state index contributed by atoms with van der Waals surface area (Å²) in [5.41, 5.74) is 1.60. The van der Waals surface area contributed by atoms with Gasteiger partial charge < -0.3 is 5.32 Å². The summed E-state index contributed by atoms with van der Waals surface area (Å²) in [6.07, 6.45) is 0.